The van der Waals surface area contributed by atoms with E-state index in [1.54, 1.807) is 61.5 Å². The van der Waals surface area contributed by atoms with Gasteiger partial charge in [0.2, 0.25) is 0 Å². The Kier molecular flexibility index (Phi) is 3.92. The van der Waals surface area contributed by atoms with E-state index in [9.17, 15) is 13.2 Å². The van der Waals surface area contributed by atoms with Crippen LogP contribution in [0.4, 0.5) is 0 Å². The molecule has 3 rings (SSSR count). The van der Waals surface area contributed by atoms with Crippen molar-refractivity contribution in [2.75, 3.05) is 6.61 Å². The molecule has 3 aromatic rings. The lowest BCUT2D eigenvalue weighted by Gasteiger charge is -2.08. The molecule has 0 saturated heterocycles. The molecule has 0 aliphatic heterocycles. The number of carbonyl (C=O) groups excluding carboxylic acids is 1. The first-order valence-electron chi connectivity index (χ1n) is 7.13. The molecule has 0 N–H and O–H groups in total. The lowest BCUT2D eigenvalue weighted by atomic mass is 10.1. The van der Waals surface area contributed by atoms with Crippen LogP contribution >= 0.6 is 0 Å². The number of nitrogens with zero attached hydrogens (tertiary/aromatic N) is 1. The fourth-order valence-corrected chi connectivity index (χ4v) is 3.75. The van der Waals surface area contributed by atoms with Gasteiger partial charge in [-0.05, 0) is 43.3 Å². The van der Waals surface area contributed by atoms with Crippen molar-refractivity contribution in [3.8, 4) is 0 Å². The number of ether oxygens (including phenoxy) is 1. The molecule has 0 bridgehead atoms. The van der Waals surface area contributed by atoms with E-state index in [4.69, 9.17) is 4.74 Å². The van der Waals surface area contributed by atoms with Crippen LogP contribution in [0, 0.1) is 0 Å². The number of carbonyl (C=O) groups is 1. The molecule has 23 heavy (non-hydrogen) atoms. The van der Waals surface area contributed by atoms with E-state index in [2.05, 4.69) is 0 Å². The highest BCUT2D eigenvalue weighted by Gasteiger charge is 2.19. The second kappa shape index (κ2) is 5.89. The summed E-state index contributed by atoms with van der Waals surface area (Å²) in [6, 6.07) is 14.7. The van der Waals surface area contributed by atoms with Crippen molar-refractivity contribution in [1.29, 1.82) is 0 Å². The second-order valence-corrected chi connectivity index (χ2v) is 6.74. The molecule has 0 amide bonds. The number of hydrogen-bond acceptors (Lipinski definition) is 4. The number of hydrogen-bond donors (Lipinski definition) is 0. The Bertz CT molecular complexity index is 959. The maximum absolute atomic E-state index is 12.7. The number of benzene rings is 2. The minimum Gasteiger partial charge on any atom is -0.462 e. The van der Waals surface area contributed by atoms with Crippen LogP contribution in [0.3, 0.4) is 0 Å². The molecule has 0 radical (unpaired) electrons. The molecule has 118 valence electrons. The normalized spacial score (nSPS) is 11.5. The molecule has 0 aliphatic rings. The highest BCUT2D eigenvalue weighted by Crippen LogP contribution is 2.23. The molecule has 0 atom stereocenters. The minimum absolute atomic E-state index is 0.215. The monoisotopic (exact) mass is 329 g/mol. The summed E-state index contributed by atoms with van der Waals surface area (Å²) in [5, 5.41) is 0.662. The topological polar surface area (TPSA) is 65.4 Å². The summed E-state index contributed by atoms with van der Waals surface area (Å²) in [4.78, 5) is 12.0. The average molecular weight is 329 g/mol. The van der Waals surface area contributed by atoms with Gasteiger partial charge in [0.25, 0.3) is 10.0 Å². The van der Waals surface area contributed by atoms with Crippen LogP contribution in [-0.4, -0.2) is 25.0 Å². The lowest BCUT2D eigenvalue weighted by Crippen LogP contribution is -2.11. The molecule has 0 spiro atoms. The largest absolute Gasteiger partial charge is 0.462 e. The van der Waals surface area contributed by atoms with Crippen LogP contribution < -0.4 is 0 Å². The van der Waals surface area contributed by atoms with Gasteiger partial charge in [-0.15, -0.1) is 0 Å². The summed E-state index contributed by atoms with van der Waals surface area (Å²) in [5.41, 5.74) is 0.913. The van der Waals surface area contributed by atoms with Gasteiger partial charge >= 0.3 is 5.97 Å². The molecule has 5 nitrogen and oxygen atoms in total. The number of rotatable bonds is 4. The summed E-state index contributed by atoms with van der Waals surface area (Å²) in [6.45, 7) is 2.03. The summed E-state index contributed by atoms with van der Waals surface area (Å²) < 4.78 is 31.6. The Balaban J connectivity index is 2.09. The Morgan fingerprint density at radius 3 is 2.52 bits per heavy atom. The van der Waals surface area contributed by atoms with Gasteiger partial charge in [0.1, 0.15) is 0 Å². The van der Waals surface area contributed by atoms with E-state index in [0.29, 0.717) is 23.1 Å². The van der Waals surface area contributed by atoms with E-state index in [1.165, 1.54) is 10.2 Å². The van der Waals surface area contributed by atoms with E-state index in [-0.39, 0.29) is 4.90 Å². The zero-order valence-electron chi connectivity index (χ0n) is 12.5. The van der Waals surface area contributed by atoms with Gasteiger partial charge in [0.05, 0.1) is 22.6 Å². The number of fused-ring (bicyclic) bond motifs is 1. The molecule has 0 aliphatic carbocycles. The highest BCUT2D eigenvalue weighted by atomic mass is 32.2. The predicted molar refractivity (Wildman–Crippen MR) is 86.9 cm³/mol. The first kappa shape index (κ1) is 15.3. The Morgan fingerprint density at radius 2 is 1.83 bits per heavy atom. The van der Waals surface area contributed by atoms with Crippen LogP contribution in [0.2, 0.25) is 0 Å². The van der Waals surface area contributed by atoms with Crippen molar-refractivity contribution in [1.82, 2.24) is 3.97 Å². The molecule has 2 aromatic carbocycles. The summed E-state index contributed by atoms with van der Waals surface area (Å²) in [7, 11) is -3.67. The maximum atomic E-state index is 12.7. The third-order valence-electron chi connectivity index (χ3n) is 3.47. The molecule has 0 unspecified atom stereocenters. The quantitative estimate of drug-likeness (QED) is 0.690. The minimum atomic E-state index is -3.67. The van der Waals surface area contributed by atoms with Crippen LogP contribution in [0.25, 0.3) is 10.9 Å². The standard InChI is InChI=1S/C17H15NO4S/c1-2-22-17(19)14-8-9-16-13(12-14)10-11-18(16)23(20,21)15-6-4-3-5-7-15/h3-12H,2H2,1H3. The number of esters is 1. The van der Waals surface area contributed by atoms with E-state index < -0.39 is 16.0 Å². The first-order valence-corrected chi connectivity index (χ1v) is 8.57. The van der Waals surface area contributed by atoms with Crippen LogP contribution in [-0.2, 0) is 14.8 Å². The van der Waals surface area contributed by atoms with Gasteiger partial charge < -0.3 is 4.74 Å². The Labute approximate surface area is 134 Å². The fourth-order valence-electron chi connectivity index (χ4n) is 2.37. The van der Waals surface area contributed by atoms with Gasteiger partial charge in [0.15, 0.2) is 0 Å². The zero-order chi connectivity index (χ0) is 16.4. The van der Waals surface area contributed by atoms with Gasteiger partial charge in [-0.2, -0.15) is 0 Å². The molecule has 6 heteroatoms. The molecule has 0 saturated carbocycles. The van der Waals surface area contributed by atoms with Crippen molar-refractivity contribution in [3.05, 3.63) is 66.4 Å². The molecule has 0 fully saturated rings. The molecular formula is C17H15NO4S. The van der Waals surface area contributed by atoms with E-state index in [1.807, 2.05) is 0 Å². The van der Waals surface area contributed by atoms with Crippen LogP contribution in [0.15, 0.2) is 65.7 Å². The third-order valence-corrected chi connectivity index (χ3v) is 5.17. The van der Waals surface area contributed by atoms with Crippen LogP contribution in [0.1, 0.15) is 17.3 Å². The van der Waals surface area contributed by atoms with Crippen LogP contribution in [0.5, 0.6) is 0 Å². The van der Waals surface area contributed by atoms with Gasteiger partial charge in [-0.1, -0.05) is 18.2 Å². The maximum Gasteiger partial charge on any atom is 0.338 e. The fraction of sp³-hybridized carbons (Fsp3) is 0.118. The van der Waals surface area contributed by atoms with Crippen molar-refractivity contribution >= 4 is 26.9 Å². The predicted octanol–water partition coefficient (Wildman–Crippen LogP) is 3.06. The molecule has 1 aromatic heterocycles. The zero-order valence-corrected chi connectivity index (χ0v) is 13.3. The van der Waals surface area contributed by atoms with Crippen molar-refractivity contribution < 1.29 is 17.9 Å². The SMILES string of the molecule is CCOC(=O)c1ccc2c(ccn2S(=O)(=O)c2ccccc2)c1. The van der Waals surface area contributed by atoms with E-state index >= 15 is 0 Å². The Morgan fingerprint density at radius 1 is 1.09 bits per heavy atom. The average Bonchev–Trinajstić information content (AvgIpc) is 2.99. The summed E-state index contributed by atoms with van der Waals surface area (Å²) >= 11 is 0. The van der Waals surface area contributed by atoms with Crippen molar-refractivity contribution in [3.63, 3.8) is 0 Å². The molecule has 1 heterocycles. The van der Waals surface area contributed by atoms with Crippen molar-refractivity contribution in [2.45, 2.75) is 11.8 Å². The molecular weight excluding hydrogens is 314 g/mol. The summed E-state index contributed by atoms with van der Waals surface area (Å²) in [6.07, 6.45) is 1.49. The second-order valence-electron chi connectivity index (χ2n) is 4.92. The number of aromatic nitrogens is 1. The van der Waals surface area contributed by atoms with Gasteiger partial charge in [0, 0.05) is 11.6 Å². The van der Waals surface area contributed by atoms with Crippen molar-refractivity contribution in [2.24, 2.45) is 0 Å². The van der Waals surface area contributed by atoms with Gasteiger partial charge in [-0.25, -0.2) is 17.2 Å². The summed E-state index contributed by atoms with van der Waals surface area (Å²) in [5.74, 6) is -0.423. The smallest absolute Gasteiger partial charge is 0.338 e. The van der Waals surface area contributed by atoms with Gasteiger partial charge in [-0.3, -0.25) is 0 Å². The highest BCUT2D eigenvalue weighted by molar-refractivity contribution is 7.90. The van der Waals surface area contributed by atoms with E-state index in [0.717, 1.165) is 0 Å². The first-order chi connectivity index (χ1) is 11.0. The third kappa shape index (κ3) is 2.73. The Hall–Kier alpha value is -2.60. The lowest BCUT2D eigenvalue weighted by molar-refractivity contribution is 0.0526.